The monoisotopic (exact) mass is 467 g/mol. The molecule has 0 aromatic heterocycles. The van der Waals surface area contributed by atoms with Crippen LogP contribution in [-0.2, 0) is 4.79 Å². The maximum Gasteiger partial charge on any atom is 0.225 e. The van der Waals surface area contributed by atoms with Gasteiger partial charge in [0.1, 0.15) is 0 Å². The number of amides is 1. The molecule has 7 heteroatoms. The van der Waals surface area contributed by atoms with Gasteiger partial charge in [-0.15, -0.1) is 24.0 Å². The standard InChI is InChI=1S/C18H37N5O.HI/c1-6-7-12-23-13-8-15(9-14-23)22-17(19-5)21-11-10-20-16(24)18(2,3)4;/h15H,6-14H2,1-5H3,(H,20,24)(H2,19,21,22);1H. The van der Waals surface area contributed by atoms with Gasteiger partial charge >= 0.3 is 0 Å². The third kappa shape index (κ3) is 10.2. The zero-order valence-corrected chi connectivity index (χ0v) is 19.0. The van der Waals surface area contributed by atoms with Crippen LogP contribution in [0, 0.1) is 5.41 Å². The molecule has 0 bridgehead atoms. The molecule has 1 amide bonds. The fraction of sp³-hybridized carbons (Fsp3) is 0.889. The minimum absolute atomic E-state index is 0. The predicted molar refractivity (Wildman–Crippen MR) is 117 cm³/mol. The molecule has 3 N–H and O–H groups in total. The van der Waals surface area contributed by atoms with Crippen molar-refractivity contribution in [3.05, 3.63) is 0 Å². The summed E-state index contributed by atoms with van der Waals surface area (Å²) >= 11 is 0. The largest absolute Gasteiger partial charge is 0.355 e. The molecule has 1 rings (SSSR count). The van der Waals surface area contributed by atoms with Crippen molar-refractivity contribution in [2.45, 2.75) is 59.4 Å². The van der Waals surface area contributed by atoms with Gasteiger partial charge < -0.3 is 20.9 Å². The quantitative estimate of drug-likeness (QED) is 0.233. The summed E-state index contributed by atoms with van der Waals surface area (Å²) in [7, 11) is 1.79. The summed E-state index contributed by atoms with van der Waals surface area (Å²) < 4.78 is 0. The Morgan fingerprint density at radius 1 is 1.16 bits per heavy atom. The Labute approximate surface area is 171 Å². The van der Waals surface area contributed by atoms with E-state index < -0.39 is 0 Å². The molecule has 148 valence electrons. The number of likely N-dealkylation sites (tertiary alicyclic amines) is 1. The van der Waals surface area contributed by atoms with Gasteiger partial charge in [0.25, 0.3) is 0 Å². The number of hydrogen-bond acceptors (Lipinski definition) is 3. The van der Waals surface area contributed by atoms with Gasteiger partial charge in [0.05, 0.1) is 0 Å². The molecule has 0 radical (unpaired) electrons. The Kier molecular flexibility index (Phi) is 12.4. The highest BCUT2D eigenvalue weighted by Crippen LogP contribution is 2.12. The molecule has 0 aromatic rings. The number of aliphatic imine (C=N–C) groups is 1. The van der Waals surface area contributed by atoms with Crippen LogP contribution < -0.4 is 16.0 Å². The number of nitrogens with zero attached hydrogens (tertiary/aromatic N) is 2. The Morgan fingerprint density at radius 3 is 2.28 bits per heavy atom. The number of carbonyl (C=O) groups is 1. The molecular formula is C18H38IN5O. The fourth-order valence-electron chi connectivity index (χ4n) is 2.69. The average molecular weight is 467 g/mol. The third-order valence-electron chi connectivity index (χ3n) is 4.36. The van der Waals surface area contributed by atoms with E-state index >= 15 is 0 Å². The zero-order chi connectivity index (χ0) is 18.0. The first kappa shape index (κ1) is 24.4. The number of halogens is 1. The highest BCUT2D eigenvalue weighted by molar-refractivity contribution is 14.0. The molecule has 0 aromatic carbocycles. The number of unbranched alkanes of at least 4 members (excludes halogenated alkanes) is 1. The van der Waals surface area contributed by atoms with E-state index in [4.69, 9.17) is 0 Å². The van der Waals surface area contributed by atoms with Gasteiger partial charge in [0.2, 0.25) is 5.91 Å². The molecular weight excluding hydrogens is 429 g/mol. The summed E-state index contributed by atoms with van der Waals surface area (Å²) in [5.41, 5.74) is -0.342. The molecule has 1 aliphatic rings. The summed E-state index contributed by atoms with van der Waals surface area (Å²) in [5.74, 6) is 0.902. The van der Waals surface area contributed by atoms with Crippen LogP contribution in [0.3, 0.4) is 0 Å². The minimum Gasteiger partial charge on any atom is -0.355 e. The van der Waals surface area contributed by atoms with Gasteiger partial charge in [-0.2, -0.15) is 0 Å². The molecule has 0 spiro atoms. The van der Waals surface area contributed by atoms with Crippen LogP contribution >= 0.6 is 24.0 Å². The molecule has 0 atom stereocenters. The highest BCUT2D eigenvalue weighted by Gasteiger charge is 2.21. The van der Waals surface area contributed by atoms with Crippen molar-refractivity contribution >= 4 is 35.8 Å². The maximum atomic E-state index is 11.8. The lowest BCUT2D eigenvalue weighted by Crippen LogP contribution is -2.50. The SMILES string of the molecule is CCCCN1CCC(NC(=NC)NCCNC(=O)C(C)(C)C)CC1.I. The number of piperidine rings is 1. The Bertz CT molecular complexity index is 401. The van der Waals surface area contributed by atoms with E-state index in [1.54, 1.807) is 7.05 Å². The second-order valence-corrected chi connectivity index (χ2v) is 7.62. The van der Waals surface area contributed by atoms with Gasteiger partial charge in [0.15, 0.2) is 5.96 Å². The van der Waals surface area contributed by atoms with E-state index in [0.717, 1.165) is 31.9 Å². The van der Waals surface area contributed by atoms with Crippen LogP contribution in [0.25, 0.3) is 0 Å². The molecule has 1 saturated heterocycles. The fourth-order valence-corrected chi connectivity index (χ4v) is 2.69. The Hall–Kier alpha value is -0.570. The van der Waals surface area contributed by atoms with Crippen LogP contribution in [0.15, 0.2) is 4.99 Å². The second-order valence-electron chi connectivity index (χ2n) is 7.62. The number of carbonyl (C=O) groups excluding carboxylic acids is 1. The molecule has 0 unspecified atom stereocenters. The Balaban J connectivity index is 0.00000576. The van der Waals surface area contributed by atoms with Crippen molar-refractivity contribution in [3.63, 3.8) is 0 Å². The summed E-state index contributed by atoms with van der Waals surface area (Å²) in [5, 5.41) is 9.72. The molecule has 0 aliphatic carbocycles. The van der Waals surface area contributed by atoms with Crippen molar-refractivity contribution in [3.8, 4) is 0 Å². The number of rotatable bonds is 7. The van der Waals surface area contributed by atoms with E-state index in [2.05, 4.69) is 32.8 Å². The van der Waals surface area contributed by atoms with Crippen molar-refractivity contribution < 1.29 is 4.79 Å². The lowest BCUT2D eigenvalue weighted by molar-refractivity contribution is -0.128. The van der Waals surface area contributed by atoms with Crippen molar-refractivity contribution in [1.29, 1.82) is 0 Å². The summed E-state index contributed by atoms with van der Waals surface area (Å²) in [6, 6.07) is 0.484. The minimum atomic E-state index is -0.342. The van der Waals surface area contributed by atoms with Gasteiger partial charge in [-0.1, -0.05) is 34.1 Å². The van der Waals surface area contributed by atoms with Gasteiger partial charge in [-0.05, 0) is 25.8 Å². The maximum absolute atomic E-state index is 11.8. The molecule has 1 aliphatic heterocycles. The van der Waals surface area contributed by atoms with Gasteiger partial charge in [0, 0.05) is 44.7 Å². The molecule has 1 fully saturated rings. The smallest absolute Gasteiger partial charge is 0.225 e. The van der Waals surface area contributed by atoms with E-state index in [1.165, 1.54) is 19.4 Å². The topological polar surface area (TPSA) is 68.8 Å². The first-order chi connectivity index (χ1) is 11.4. The van der Waals surface area contributed by atoms with E-state index in [1.807, 2.05) is 20.8 Å². The van der Waals surface area contributed by atoms with Gasteiger partial charge in [-0.3, -0.25) is 9.79 Å². The average Bonchev–Trinajstić information content (AvgIpc) is 2.55. The summed E-state index contributed by atoms with van der Waals surface area (Å²) in [4.78, 5) is 18.7. The van der Waals surface area contributed by atoms with Crippen molar-refractivity contribution in [1.82, 2.24) is 20.9 Å². The van der Waals surface area contributed by atoms with Crippen LogP contribution in [0.1, 0.15) is 53.4 Å². The number of hydrogen-bond donors (Lipinski definition) is 3. The number of guanidine groups is 1. The second kappa shape index (κ2) is 12.7. The predicted octanol–water partition coefficient (Wildman–Crippen LogP) is 2.20. The number of nitrogens with one attached hydrogen (secondary N) is 3. The van der Waals surface area contributed by atoms with Crippen LogP contribution in [-0.4, -0.2) is 62.6 Å². The first-order valence-electron chi connectivity index (χ1n) is 9.34. The van der Waals surface area contributed by atoms with Crippen molar-refractivity contribution in [2.24, 2.45) is 10.4 Å². The van der Waals surface area contributed by atoms with Crippen molar-refractivity contribution in [2.75, 3.05) is 39.8 Å². The lowest BCUT2D eigenvalue weighted by Gasteiger charge is -2.33. The first-order valence-corrected chi connectivity index (χ1v) is 9.34. The Morgan fingerprint density at radius 2 is 1.76 bits per heavy atom. The normalized spacial score (nSPS) is 16.9. The molecule has 1 heterocycles. The van der Waals surface area contributed by atoms with Crippen LogP contribution in [0.2, 0.25) is 0 Å². The summed E-state index contributed by atoms with van der Waals surface area (Å²) in [6.45, 7) is 12.8. The van der Waals surface area contributed by atoms with E-state index in [0.29, 0.717) is 19.1 Å². The zero-order valence-electron chi connectivity index (χ0n) is 16.7. The highest BCUT2D eigenvalue weighted by atomic mass is 127. The summed E-state index contributed by atoms with van der Waals surface area (Å²) in [6.07, 6.45) is 4.87. The van der Waals surface area contributed by atoms with Crippen LogP contribution in [0.4, 0.5) is 0 Å². The molecule has 0 saturated carbocycles. The molecule has 25 heavy (non-hydrogen) atoms. The van der Waals surface area contributed by atoms with E-state index in [-0.39, 0.29) is 35.3 Å². The molecule has 6 nitrogen and oxygen atoms in total. The van der Waals surface area contributed by atoms with E-state index in [9.17, 15) is 4.79 Å². The third-order valence-corrected chi connectivity index (χ3v) is 4.36. The lowest BCUT2D eigenvalue weighted by atomic mass is 9.96. The van der Waals surface area contributed by atoms with Gasteiger partial charge in [-0.25, -0.2) is 0 Å². The van der Waals surface area contributed by atoms with Crippen LogP contribution in [0.5, 0.6) is 0 Å².